The third-order valence-corrected chi connectivity index (χ3v) is 27.2. The third-order valence-electron chi connectivity index (χ3n) is 26.0. The first-order valence-corrected chi connectivity index (χ1v) is 44.2. The molecule has 598 valence electrons. The molecule has 7 nitrogen and oxygen atoms in total. The Morgan fingerprint density at radius 2 is 0.430 bits per heavy atom. The fourth-order valence-electron chi connectivity index (χ4n) is 20.0. The van der Waals surface area contributed by atoms with Gasteiger partial charge in [-0.1, -0.05) is 297 Å². The Morgan fingerprint density at radius 3 is 0.898 bits per heavy atom. The predicted octanol–water partition coefficient (Wildman–Crippen LogP) is 35.5. The molecule has 0 aliphatic heterocycles. The van der Waals surface area contributed by atoms with E-state index in [1.165, 1.54) is 31.3 Å². The van der Waals surface area contributed by atoms with Gasteiger partial charge in [0, 0.05) is 119 Å². The normalized spacial score (nSPS) is 11.9. The smallest absolute Gasteiger partial charge is 0.144 e. The minimum Gasteiger partial charge on any atom is -0.456 e. The highest BCUT2D eigenvalue weighted by atomic mass is 32.1. The molecule has 0 saturated heterocycles. The van der Waals surface area contributed by atoms with Crippen LogP contribution in [-0.2, 0) is 0 Å². The van der Waals surface area contributed by atoms with Crippen molar-refractivity contribution in [1.82, 2.24) is 0 Å². The summed E-state index contributed by atoms with van der Waals surface area (Å²) >= 11 is 1.87. The van der Waals surface area contributed by atoms with Gasteiger partial charge in [-0.15, -0.1) is 11.3 Å². The molecule has 0 amide bonds. The van der Waals surface area contributed by atoms with Crippen LogP contribution in [0.1, 0.15) is 0 Å². The Balaban J connectivity index is 0.537. The molecule has 0 saturated carbocycles. The Bertz CT molecular complexity index is 8920. The minimum absolute atomic E-state index is 0.791. The van der Waals surface area contributed by atoms with E-state index >= 15 is 0 Å². The highest BCUT2D eigenvalue weighted by Crippen LogP contribution is 2.51. The second kappa shape index (κ2) is 29.5. The Labute approximate surface area is 738 Å². The first-order valence-electron chi connectivity index (χ1n) is 43.4. The lowest BCUT2D eigenvalue weighted by Crippen LogP contribution is -2.09. The molecule has 6 heterocycles. The molecule has 0 N–H and O–H groups in total. The van der Waals surface area contributed by atoms with Gasteiger partial charge in [-0.05, 0) is 229 Å². The zero-order valence-electron chi connectivity index (χ0n) is 68.9. The molecule has 20 aromatic carbocycles. The fraction of sp³-hybridized carbons (Fsp3) is 0. The maximum Gasteiger partial charge on any atom is 0.144 e. The van der Waals surface area contributed by atoms with Crippen LogP contribution in [0, 0.1) is 0 Å². The van der Waals surface area contributed by atoms with E-state index in [0.717, 1.165) is 233 Å². The van der Waals surface area contributed by atoms with E-state index < -0.39 is 0 Å². The summed E-state index contributed by atoms with van der Waals surface area (Å²) in [5.41, 5.74) is 34.5. The number of thiophene rings is 1. The topological polar surface area (TPSA) is 72.2 Å². The maximum atomic E-state index is 7.16. The quantitative estimate of drug-likeness (QED) is 0.101. The van der Waals surface area contributed by atoms with Crippen molar-refractivity contribution in [3.8, 4) is 100 Å². The van der Waals surface area contributed by atoms with Crippen molar-refractivity contribution in [1.29, 1.82) is 0 Å². The molecule has 26 rings (SSSR count). The molecule has 8 heteroatoms. The van der Waals surface area contributed by atoms with E-state index in [-0.39, 0.29) is 0 Å². The van der Waals surface area contributed by atoms with E-state index in [9.17, 15) is 0 Å². The van der Waals surface area contributed by atoms with E-state index in [1.54, 1.807) is 0 Å². The van der Waals surface area contributed by atoms with Gasteiger partial charge in [0.15, 0.2) is 0 Å². The number of fused-ring (bicyclic) bond motifs is 18. The van der Waals surface area contributed by atoms with Crippen LogP contribution in [0.5, 0.6) is 0 Å². The van der Waals surface area contributed by atoms with Crippen molar-refractivity contribution in [3.63, 3.8) is 0 Å². The second-order valence-corrected chi connectivity index (χ2v) is 34.2. The number of furan rings is 5. The largest absolute Gasteiger partial charge is 0.456 e. The average molecular weight is 1650 g/mol. The molecular weight excluding hydrogens is 1580 g/mol. The van der Waals surface area contributed by atoms with Gasteiger partial charge in [0.05, 0.1) is 0 Å². The molecular formula is C120H72N2O5S. The number of rotatable bonds is 15. The van der Waals surface area contributed by atoms with Gasteiger partial charge in [0.25, 0.3) is 0 Å². The highest BCUT2D eigenvalue weighted by molar-refractivity contribution is 7.26. The van der Waals surface area contributed by atoms with Gasteiger partial charge in [-0.25, -0.2) is 0 Å². The van der Waals surface area contributed by atoms with Crippen LogP contribution in [-0.4, -0.2) is 0 Å². The van der Waals surface area contributed by atoms with Crippen LogP contribution in [0.15, 0.2) is 459 Å². The average Bonchev–Trinajstić information content (AvgIpc) is 1.56. The summed E-state index contributed by atoms with van der Waals surface area (Å²) in [7, 11) is 0. The lowest BCUT2D eigenvalue weighted by atomic mass is 9.93. The number of anilines is 6. The van der Waals surface area contributed by atoms with Crippen LogP contribution in [0.3, 0.4) is 0 Å². The highest BCUT2D eigenvalue weighted by Gasteiger charge is 2.26. The fourth-order valence-corrected chi connectivity index (χ4v) is 21.2. The number of hydrogen-bond acceptors (Lipinski definition) is 8. The summed E-state index contributed by atoms with van der Waals surface area (Å²) in [5, 5.41) is 13.4. The van der Waals surface area contributed by atoms with Gasteiger partial charge in [-0.2, -0.15) is 0 Å². The van der Waals surface area contributed by atoms with Crippen molar-refractivity contribution in [3.05, 3.63) is 437 Å². The summed E-state index contributed by atoms with van der Waals surface area (Å²) in [4.78, 5) is 4.71. The molecule has 6 aromatic heterocycles. The Kier molecular flexibility index (Phi) is 16.8. The molecule has 0 aliphatic rings. The lowest BCUT2D eigenvalue weighted by Gasteiger charge is -2.26. The SMILES string of the molecule is c1cc(-c2ccc(N(c3ccc(-c4cccc5oc6ccccc6c45)cc3)c3ccc(-c4cccc5oc6c(-c7ccc(-c8ccc(N(c9ccc(-c%10ccc(-c%11cccc%12c%11sc%11ccccc%11%12)cc%10)cc9)c9ccc(-c%10cccc%11oc%12ccccc%12c%10%11)cc9)cc8)c8c7oc7ccccc78)cccc6c45)cc3)cc2)cc(-c2cccc3oc4ccccc4c23)c1. The molecule has 0 spiro atoms. The zero-order chi connectivity index (χ0) is 84.0. The van der Waals surface area contributed by atoms with Crippen LogP contribution in [0.2, 0.25) is 0 Å². The number of benzene rings is 20. The van der Waals surface area contributed by atoms with Crippen molar-refractivity contribution in [2.24, 2.45) is 0 Å². The first-order chi connectivity index (χ1) is 63.4. The van der Waals surface area contributed by atoms with Crippen LogP contribution in [0.4, 0.5) is 34.1 Å². The van der Waals surface area contributed by atoms with E-state index in [4.69, 9.17) is 22.1 Å². The summed E-state index contributed by atoms with van der Waals surface area (Å²) in [6.07, 6.45) is 0. The van der Waals surface area contributed by atoms with Gasteiger partial charge in [0.2, 0.25) is 0 Å². The van der Waals surface area contributed by atoms with Crippen LogP contribution < -0.4 is 9.80 Å². The van der Waals surface area contributed by atoms with Crippen molar-refractivity contribution >= 4 is 175 Å². The van der Waals surface area contributed by atoms with Crippen molar-refractivity contribution < 1.29 is 22.1 Å². The number of hydrogen-bond donors (Lipinski definition) is 0. The van der Waals surface area contributed by atoms with Gasteiger partial charge >= 0.3 is 0 Å². The molecule has 0 fully saturated rings. The summed E-state index contributed by atoms with van der Waals surface area (Å²) in [6, 6.07) is 157. The van der Waals surface area contributed by atoms with E-state index in [2.05, 4.69) is 410 Å². The third kappa shape index (κ3) is 11.9. The Morgan fingerprint density at radius 1 is 0.156 bits per heavy atom. The summed E-state index contributed by atoms with van der Waals surface area (Å²) in [5.74, 6) is 0. The molecule has 26 aromatic rings. The van der Waals surface area contributed by atoms with E-state index in [0.29, 0.717) is 0 Å². The minimum atomic E-state index is 0.791. The van der Waals surface area contributed by atoms with E-state index in [1.807, 2.05) is 47.7 Å². The molecule has 0 unspecified atom stereocenters. The van der Waals surface area contributed by atoms with Crippen LogP contribution >= 0.6 is 11.3 Å². The number of nitrogens with zero attached hydrogens (tertiary/aromatic N) is 2. The van der Waals surface area contributed by atoms with Crippen molar-refractivity contribution in [2.45, 2.75) is 0 Å². The Hall–Kier alpha value is -16.8. The predicted molar refractivity (Wildman–Crippen MR) is 534 cm³/mol. The maximum absolute atomic E-state index is 7.16. The number of para-hydroxylation sites is 5. The monoisotopic (exact) mass is 1650 g/mol. The van der Waals surface area contributed by atoms with Crippen LogP contribution in [0.25, 0.3) is 230 Å². The summed E-state index contributed by atoms with van der Waals surface area (Å²) < 4.78 is 36.0. The zero-order valence-corrected chi connectivity index (χ0v) is 69.7. The molecule has 0 atom stereocenters. The van der Waals surface area contributed by atoms with Gasteiger partial charge in [-0.3, -0.25) is 0 Å². The molecule has 128 heavy (non-hydrogen) atoms. The lowest BCUT2D eigenvalue weighted by molar-refractivity contribution is 0.665. The van der Waals surface area contributed by atoms with Gasteiger partial charge in [0.1, 0.15) is 55.8 Å². The molecule has 0 bridgehead atoms. The van der Waals surface area contributed by atoms with Crippen molar-refractivity contribution in [2.75, 3.05) is 9.80 Å². The van der Waals surface area contributed by atoms with Gasteiger partial charge < -0.3 is 31.9 Å². The first kappa shape index (κ1) is 72.8. The summed E-state index contributed by atoms with van der Waals surface area (Å²) in [6.45, 7) is 0. The molecule has 0 aliphatic carbocycles. The molecule has 0 radical (unpaired) electrons. The second-order valence-electron chi connectivity index (χ2n) is 33.1. The standard InChI is InChI=1S/C120H72N2O5S/c1-6-33-104-99(21-1)113-89(25-14-37-108(113)123-104)76-50-62-85(63-51-76)121(83-58-46-74(47-59-83)73-42-44-80(45-43-73)94-29-12-31-98-95-20-5-10-41-112(95)128-120(94)98)88-68-56-79(57-69-88)93-70-71-97(119-117(93)102-24-4-9-36-107(102)126-119)96-30-13-32-103-116-91(27-16-40-111(116)127-118(96)103)78-54-66-87(67-55-78)122(86-64-52-77(53-65-86)90-26-15-38-109-114(90)100-22-2-7-34-105(100)124-109)84-60-48-75(49-61-84)81-18-11-19-82(72-81)92-28-17-39-110-115(92)101-23-3-8-35-106(101)125-110/h1-72H.